The third-order valence-electron chi connectivity index (χ3n) is 2.68. The number of amides is 1. The number of halogens is 2. The summed E-state index contributed by atoms with van der Waals surface area (Å²) in [6.45, 7) is 3.58. The molecule has 2 heterocycles. The van der Waals surface area contributed by atoms with Gasteiger partial charge in [0, 0.05) is 25.5 Å². The van der Waals surface area contributed by atoms with Gasteiger partial charge in [-0.1, -0.05) is 0 Å². The molecule has 2 aromatic rings. The van der Waals surface area contributed by atoms with Crippen LogP contribution in [0.2, 0.25) is 0 Å². The van der Waals surface area contributed by atoms with Gasteiger partial charge in [0.15, 0.2) is 0 Å². The standard InChI is InChI=1S/C12H15Br2N5O/c1-9-11(14)7-18(17-9)4-2-3-15-12(20)8-19-6-10(13)5-16-19/h5-7H,2-4,8H2,1H3,(H,15,20). The average molecular weight is 405 g/mol. The van der Waals surface area contributed by atoms with E-state index in [0.717, 1.165) is 27.6 Å². The lowest BCUT2D eigenvalue weighted by atomic mass is 10.4. The molecule has 0 fully saturated rings. The number of nitrogens with zero attached hydrogens (tertiary/aromatic N) is 4. The van der Waals surface area contributed by atoms with Crippen molar-refractivity contribution in [3.63, 3.8) is 0 Å². The van der Waals surface area contributed by atoms with E-state index in [4.69, 9.17) is 0 Å². The molecule has 0 aliphatic rings. The molecule has 1 amide bonds. The van der Waals surface area contributed by atoms with Crippen molar-refractivity contribution in [2.75, 3.05) is 6.54 Å². The minimum atomic E-state index is -0.0431. The smallest absolute Gasteiger partial charge is 0.241 e. The van der Waals surface area contributed by atoms with Gasteiger partial charge in [-0.25, -0.2) is 0 Å². The zero-order valence-corrected chi connectivity index (χ0v) is 14.2. The summed E-state index contributed by atoms with van der Waals surface area (Å²) in [6.07, 6.45) is 6.20. The van der Waals surface area contributed by atoms with E-state index < -0.39 is 0 Å². The van der Waals surface area contributed by atoms with Crippen molar-refractivity contribution < 1.29 is 4.79 Å². The zero-order valence-electron chi connectivity index (χ0n) is 11.0. The number of hydrogen-bond donors (Lipinski definition) is 1. The molecule has 0 unspecified atom stereocenters. The summed E-state index contributed by atoms with van der Waals surface area (Å²) in [4.78, 5) is 11.7. The van der Waals surface area contributed by atoms with Crippen molar-refractivity contribution >= 4 is 37.8 Å². The number of hydrogen-bond acceptors (Lipinski definition) is 3. The highest BCUT2D eigenvalue weighted by atomic mass is 79.9. The summed E-state index contributed by atoms with van der Waals surface area (Å²) < 4.78 is 5.33. The highest BCUT2D eigenvalue weighted by Gasteiger charge is 2.04. The first-order valence-electron chi connectivity index (χ1n) is 6.19. The second-order valence-corrected chi connectivity index (χ2v) is 6.16. The van der Waals surface area contributed by atoms with Gasteiger partial charge < -0.3 is 5.32 Å². The SMILES string of the molecule is Cc1nn(CCCNC(=O)Cn2cc(Br)cn2)cc1Br. The molecule has 0 saturated carbocycles. The van der Waals surface area contributed by atoms with Crippen LogP contribution in [0.15, 0.2) is 27.5 Å². The normalized spacial score (nSPS) is 10.8. The van der Waals surface area contributed by atoms with Crippen LogP contribution in [0.3, 0.4) is 0 Å². The molecule has 0 aromatic carbocycles. The van der Waals surface area contributed by atoms with E-state index in [-0.39, 0.29) is 12.5 Å². The van der Waals surface area contributed by atoms with Crippen molar-refractivity contribution in [1.82, 2.24) is 24.9 Å². The van der Waals surface area contributed by atoms with Crippen molar-refractivity contribution in [3.8, 4) is 0 Å². The van der Waals surface area contributed by atoms with Crippen LogP contribution in [0.25, 0.3) is 0 Å². The van der Waals surface area contributed by atoms with Crippen LogP contribution < -0.4 is 5.32 Å². The van der Waals surface area contributed by atoms with Gasteiger partial charge in [-0.2, -0.15) is 10.2 Å². The third kappa shape index (κ3) is 4.45. The third-order valence-corrected chi connectivity index (χ3v) is 3.87. The Balaban J connectivity index is 1.66. The highest BCUT2D eigenvalue weighted by molar-refractivity contribution is 9.10. The summed E-state index contributed by atoms with van der Waals surface area (Å²) in [5.74, 6) is -0.0431. The Morgan fingerprint density at radius 1 is 1.35 bits per heavy atom. The summed E-state index contributed by atoms with van der Waals surface area (Å²) in [7, 11) is 0. The highest BCUT2D eigenvalue weighted by Crippen LogP contribution is 2.13. The fourth-order valence-electron chi connectivity index (χ4n) is 1.70. The monoisotopic (exact) mass is 403 g/mol. The van der Waals surface area contributed by atoms with Crippen molar-refractivity contribution in [2.24, 2.45) is 0 Å². The zero-order chi connectivity index (χ0) is 14.5. The molecular weight excluding hydrogens is 390 g/mol. The Morgan fingerprint density at radius 2 is 2.15 bits per heavy atom. The van der Waals surface area contributed by atoms with Gasteiger partial charge >= 0.3 is 0 Å². The summed E-state index contributed by atoms with van der Waals surface area (Å²) in [6, 6.07) is 0. The number of carbonyl (C=O) groups is 1. The van der Waals surface area contributed by atoms with Crippen LogP contribution in [-0.4, -0.2) is 32.0 Å². The van der Waals surface area contributed by atoms with Crippen LogP contribution in [0.4, 0.5) is 0 Å². The number of carbonyl (C=O) groups excluding carboxylic acids is 1. The first kappa shape index (κ1) is 15.2. The van der Waals surface area contributed by atoms with Gasteiger partial charge in [0.05, 0.1) is 20.8 Å². The Morgan fingerprint density at radius 3 is 2.75 bits per heavy atom. The summed E-state index contributed by atoms with van der Waals surface area (Å²) >= 11 is 6.71. The number of rotatable bonds is 6. The molecule has 6 nitrogen and oxygen atoms in total. The molecule has 20 heavy (non-hydrogen) atoms. The molecular formula is C12H15Br2N5O. The second kappa shape index (κ2) is 7.03. The van der Waals surface area contributed by atoms with Gasteiger partial charge in [0.1, 0.15) is 6.54 Å². The lowest BCUT2D eigenvalue weighted by Crippen LogP contribution is -2.29. The molecule has 0 aliphatic carbocycles. The predicted octanol–water partition coefficient (Wildman–Crippen LogP) is 2.12. The van der Waals surface area contributed by atoms with Gasteiger partial charge in [0.25, 0.3) is 0 Å². The Labute approximate surface area is 133 Å². The number of aromatic nitrogens is 4. The lowest BCUT2D eigenvalue weighted by Gasteiger charge is -2.05. The van der Waals surface area contributed by atoms with Crippen LogP contribution in [0.1, 0.15) is 12.1 Å². The van der Waals surface area contributed by atoms with E-state index in [9.17, 15) is 4.79 Å². The Hall–Kier alpha value is -1.15. The molecule has 2 rings (SSSR count). The van der Waals surface area contributed by atoms with Crippen LogP contribution in [0, 0.1) is 6.92 Å². The summed E-state index contributed by atoms with van der Waals surface area (Å²) in [5.41, 5.74) is 0.971. The number of aryl methyl sites for hydroxylation is 2. The van der Waals surface area contributed by atoms with Crippen LogP contribution >= 0.6 is 31.9 Å². The lowest BCUT2D eigenvalue weighted by molar-refractivity contribution is -0.121. The molecule has 0 radical (unpaired) electrons. The van der Waals surface area contributed by atoms with Crippen molar-refractivity contribution in [2.45, 2.75) is 26.4 Å². The topological polar surface area (TPSA) is 64.7 Å². The second-order valence-electron chi connectivity index (χ2n) is 4.39. The first-order chi connectivity index (χ1) is 9.54. The molecule has 1 N–H and O–H groups in total. The summed E-state index contributed by atoms with van der Waals surface area (Å²) in [5, 5.41) is 11.2. The minimum Gasteiger partial charge on any atom is -0.354 e. The fraction of sp³-hybridized carbons (Fsp3) is 0.417. The fourth-order valence-corrected chi connectivity index (χ4v) is 2.35. The van der Waals surface area contributed by atoms with Gasteiger partial charge in [-0.05, 0) is 45.2 Å². The van der Waals surface area contributed by atoms with Crippen molar-refractivity contribution in [1.29, 1.82) is 0 Å². The van der Waals surface area contributed by atoms with Gasteiger partial charge in [-0.3, -0.25) is 14.2 Å². The average Bonchev–Trinajstić information content (AvgIpc) is 2.92. The first-order valence-corrected chi connectivity index (χ1v) is 7.77. The molecule has 0 aliphatic heterocycles. The van der Waals surface area contributed by atoms with E-state index >= 15 is 0 Å². The van der Waals surface area contributed by atoms with Crippen LogP contribution in [-0.2, 0) is 17.9 Å². The largest absolute Gasteiger partial charge is 0.354 e. The van der Waals surface area contributed by atoms with E-state index in [2.05, 4.69) is 47.4 Å². The Kier molecular flexibility index (Phi) is 5.36. The molecule has 0 atom stereocenters. The Bertz CT molecular complexity index is 573. The molecule has 0 spiro atoms. The number of nitrogens with one attached hydrogen (secondary N) is 1. The molecule has 0 saturated heterocycles. The quantitative estimate of drug-likeness (QED) is 0.750. The maximum atomic E-state index is 11.7. The van der Waals surface area contributed by atoms with Gasteiger partial charge in [0.2, 0.25) is 5.91 Å². The minimum absolute atomic E-state index is 0.0431. The molecule has 8 heteroatoms. The van der Waals surface area contributed by atoms with Gasteiger partial charge in [-0.15, -0.1) is 0 Å². The maximum Gasteiger partial charge on any atom is 0.241 e. The van der Waals surface area contributed by atoms with E-state index in [1.807, 2.05) is 17.8 Å². The van der Waals surface area contributed by atoms with Crippen LogP contribution in [0.5, 0.6) is 0 Å². The van der Waals surface area contributed by atoms with Crippen molar-refractivity contribution in [3.05, 3.63) is 33.2 Å². The predicted molar refractivity (Wildman–Crippen MR) is 82.2 cm³/mol. The van der Waals surface area contributed by atoms with E-state index in [0.29, 0.717) is 6.54 Å². The molecule has 2 aromatic heterocycles. The molecule has 0 bridgehead atoms. The molecule has 108 valence electrons. The van der Waals surface area contributed by atoms with E-state index in [1.54, 1.807) is 17.1 Å². The maximum absolute atomic E-state index is 11.7. The van der Waals surface area contributed by atoms with E-state index in [1.165, 1.54) is 0 Å².